The van der Waals surface area contributed by atoms with Crippen molar-refractivity contribution in [2.45, 2.75) is 19.3 Å². The molecule has 0 saturated heterocycles. The molecule has 0 saturated carbocycles. The summed E-state index contributed by atoms with van der Waals surface area (Å²) in [6, 6.07) is 15.2. The van der Waals surface area contributed by atoms with Crippen LogP contribution >= 0.6 is 0 Å². The number of benzene rings is 2. The van der Waals surface area contributed by atoms with Gasteiger partial charge in [-0.3, -0.25) is 9.69 Å². The van der Waals surface area contributed by atoms with Gasteiger partial charge in [-0.05, 0) is 25.1 Å². The van der Waals surface area contributed by atoms with E-state index >= 15 is 0 Å². The molecule has 0 radical (unpaired) electrons. The van der Waals surface area contributed by atoms with Crippen LogP contribution in [0.15, 0.2) is 59.8 Å². The number of cyclic esters (lactones) is 1. The molecule has 1 atom stereocenters. The van der Waals surface area contributed by atoms with Gasteiger partial charge in [0.1, 0.15) is 12.4 Å². The van der Waals surface area contributed by atoms with Crippen molar-refractivity contribution in [3.05, 3.63) is 70.9 Å². The van der Waals surface area contributed by atoms with Crippen molar-refractivity contribution in [1.82, 2.24) is 0 Å². The Labute approximate surface area is 151 Å². The predicted molar refractivity (Wildman–Crippen MR) is 97.0 cm³/mol. The number of hydrogen-bond acceptors (Lipinski definition) is 4. The van der Waals surface area contributed by atoms with Crippen LogP contribution in [0.3, 0.4) is 0 Å². The topological polar surface area (TPSA) is 55.8 Å². The van der Waals surface area contributed by atoms with Crippen molar-refractivity contribution in [2.24, 2.45) is 0 Å². The van der Waals surface area contributed by atoms with Gasteiger partial charge in [0.15, 0.2) is 0 Å². The van der Waals surface area contributed by atoms with Crippen molar-refractivity contribution < 1.29 is 19.1 Å². The Kier molecular flexibility index (Phi) is 3.99. The Bertz CT molecular complexity index is 914. The van der Waals surface area contributed by atoms with Crippen LogP contribution in [0.2, 0.25) is 0 Å². The third-order valence-electron chi connectivity index (χ3n) is 4.92. The molecule has 0 aromatic heterocycles. The van der Waals surface area contributed by atoms with Gasteiger partial charge in [-0.1, -0.05) is 35.9 Å². The molecule has 26 heavy (non-hydrogen) atoms. The van der Waals surface area contributed by atoms with Crippen LogP contribution in [0.4, 0.5) is 5.69 Å². The average Bonchev–Trinajstić information content (AvgIpc) is 3.04. The highest BCUT2D eigenvalue weighted by Crippen LogP contribution is 2.44. The van der Waals surface area contributed by atoms with Crippen LogP contribution in [-0.2, 0) is 14.3 Å². The van der Waals surface area contributed by atoms with E-state index in [1.807, 2.05) is 55.5 Å². The van der Waals surface area contributed by atoms with Crippen LogP contribution in [-0.4, -0.2) is 25.6 Å². The first-order valence-corrected chi connectivity index (χ1v) is 8.53. The highest BCUT2D eigenvalue weighted by molar-refractivity contribution is 6.06. The standard InChI is InChI=1S/C21H19NO4/c1-13-7-9-14(10-8-13)22-17-12-26-21(24)20(17)16(11-19(22)23)15-5-3-4-6-18(15)25-2/h3-10,16H,11-12H2,1-2H3/t16-/m0/s1. The highest BCUT2D eigenvalue weighted by atomic mass is 16.5. The Balaban J connectivity index is 1.84. The molecule has 0 spiro atoms. The number of ether oxygens (including phenoxy) is 2. The van der Waals surface area contributed by atoms with E-state index < -0.39 is 0 Å². The Morgan fingerprint density at radius 1 is 1.08 bits per heavy atom. The number of carbonyl (C=O) groups is 2. The fourth-order valence-electron chi connectivity index (χ4n) is 3.67. The number of esters is 1. The predicted octanol–water partition coefficient (Wildman–Crippen LogP) is 3.34. The average molecular weight is 349 g/mol. The second-order valence-corrected chi connectivity index (χ2v) is 6.50. The fraction of sp³-hybridized carbons (Fsp3) is 0.238. The Morgan fingerprint density at radius 3 is 2.54 bits per heavy atom. The number of amides is 1. The van der Waals surface area contributed by atoms with Crippen LogP contribution in [0.1, 0.15) is 23.5 Å². The zero-order valence-corrected chi connectivity index (χ0v) is 14.7. The Morgan fingerprint density at radius 2 is 1.81 bits per heavy atom. The van der Waals surface area contributed by atoms with Crippen molar-refractivity contribution in [3.8, 4) is 5.75 Å². The van der Waals surface area contributed by atoms with E-state index in [1.54, 1.807) is 12.0 Å². The van der Waals surface area contributed by atoms with E-state index in [4.69, 9.17) is 9.47 Å². The quantitative estimate of drug-likeness (QED) is 0.798. The molecule has 2 heterocycles. The minimum Gasteiger partial charge on any atom is -0.496 e. The first-order valence-electron chi connectivity index (χ1n) is 8.53. The molecule has 0 unspecified atom stereocenters. The van der Waals surface area contributed by atoms with E-state index in [9.17, 15) is 9.59 Å². The molecule has 0 aliphatic carbocycles. The Hall–Kier alpha value is -3.08. The molecule has 0 N–H and O–H groups in total. The van der Waals surface area contributed by atoms with Crippen molar-refractivity contribution in [1.29, 1.82) is 0 Å². The lowest BCUT2D eigenvalue weighted by Crippen LogP contribution is -2.37. The SMILES string of the molecule is COc1ccccc1[C@@H]1CC(=O)N(c2ccc(C)cc2)C2=C1C(=O)OC2. The third-order valence-corrected chi connectivity index (χ3v) is 4.92. The van der Waals surface area contributed by atoms with E-state index in [0.29, 0.717) is 17.0 Å². The van der Waals surface area contributed by atoms with Gasteiger partial charge in [0.2, 0.25) is 5.91 Å². The van der Waals surface area contributed by atoms with Gasteiger partial charge >= 0.3 is 5.97 Å². The number of rotatable bonds is 3. The number of para-hydroxylation sites is 1. The number of hydrogen-bond donors (Lipinski definition) is 0. The maximum absolute atomic E-state index is 13.0. The van der Waals surface area contributed by atoms with Crippen LogP contribution in [0.5, 0.6) is 5.75 Å². The van der Waals surface area contributed by atoms with Gasteiger partial charge in [0.05, 0.1) is 18.4 Å². The second kappa shape index (κ2) is 6.33. The minimum atomic E-state index is -0.361. The molecule has 5 heteroatoms. The smallest absolute Gasteiger partial charge is 0.336 e. The molecule has 132 valence electrons. The van der Waals surface area contributed by atoms with Gasteiger partial charge in [0, 0.05) is 23.6 Å². The van der Waals surface area contributed by atoms with Crippen LogP contribution < -0.4 is 9.64 Å². The van der Waals surface area contributed by atoms with Gasteiger partial charge in [-0.15, -0.1) is 0 Å². The van der Waals surface area contributed by atoms with Crippen molar-refractivity contribution >= 4 is 17.6 Å². The normalized spacial score (nSPS) is 19.5. The summed E-state index contributed by atoms with van der Waals surface area (Å²) in [7, 11) is 1.59. The van der Waals surface area contributed by atoms with Crippen LogP contribution in [0, 0.1) is 6.92 Å². The van der Waals surface area contributed by atoms with E-state index in [1.165, 1.54) is 0 Å². The zero-order chi connectivity index (χ0) is 18.3. The molecule has 0 fully saturated rings. The number of anilines is 1. The molecular formula is C21H19NO4. The number of aryl methyl sites for hydroxylation is 1. The molecule has 2 aromatic rings. The lowest BCUT2D eigenvalue weighted by Gasteiger charge is -2.32. The number of carbonyl (C=O) groups excluding carboxylic acids is 2. The maximum Gasteiger partial charge on any atom is 0.336 e. The van der Waals surface area contributed by atoms with Gasteiger partial charge in [0.25, 0.3) is 0 Å². The first-order chi connectivity index (χ1) is 12.6. The summed E-state index contributed by atoms with van der Waals surface area (Å²) in [6.45, 7) is 2.10. The number of nitrogens with zero attached hydrogens (tertiary/aromatic N) is 1. The summed E-state index contributed by atoms with van der Waals surface area (Å²) in [4.78, 5) is 27.1. The summed E-state index contributed by atoms with van der Waals surface area (Å²) in [6.07, 6.45) is 0.197. The van der Waals surface area contributed by atoms with E-state index in [2.05, 4.69) is 0 Å². The summed E-state index contributed by atoms with van der Waals surface area (Å²) in [5, 5.41) is 0. The molecular weight excluding hydrogens is 330 g/mol. The monoisotopic (exact) mass is 349 g/mol. The minimum absolute atomic E-state index is 0.0539. The summed E-state index contributed by atoms with van der Waals surface area (Å²) < 4.78 is 10.7. The number of methoxy groups -OCH3 is 1. The lowest BCUT2D eigenvalue weighted by atomic mass is 9.83. The molecule has 1 amide bonds. The largest absolute Gasteiger partial charge is 0.496 e. The molecule has 2 aliphatic rings. The molecule has 2 aromatic carbocycles. The van der Waals surface area contributed by atoms with Crippen molar-refractivity contribution in [2.75, 3.05) is 18.6 Å². The molecule has 5 nitrogen and oxygen atoms in total. The fourth-order valence-corrected chi connectivity index (χ4v) is 3.67. The second-order valence-electron chi connectivity index (χ2n) is 6.50. The third kappa shape index (κ3) is 2.56. The molecule has 2 aliphatic heterocycles. The molecule has 4 rings (SSSR count). The van der Waals surface area contributed by atoms with Gasteiger partial charge < -0.3 is 9.47 Å². The molecule has 0 bridgehead atoms. The van der Waals surface area contributed by atoms with Gasteiger partial charge in [-0.25, -0.2) is 4.79 Å². The summed E-state index contributed by atoms with van der Waals surface area (Å²) in [5.74, 6) is -0.103. The van der Waals surface area contributed by atoms with E-state index in [0.717, 1.165) is 16.8 Å². The zero-order valence-electron chi connectivity index (χ0n) is 14.7. The maximum atomic E-state index is 13.0. The summed E-state index contributed by atoms with van der Waals surface area (Å²) >= 11 is 0. The summed E-state index contributed by atoms with van der Waals surface area (Å²) in [5.41, 5.74) is 3.88. The first kappa shape index (κ1) is 16.4. The highest BCUT2D eigenvalue weighted by Gasteiger charge is 2.43. The van der Waals surface area contributed by atoms with Crippen LogP contribution in [0.25, 0.3) is 0 Å². The van der Waals surface area contributed by atoms with Crippen molar-refractivity contribution in [3.63, 3.8) is 0 Å². The lowest BCUT2D eigenvalue weighted by molar-refractivity contribution is -0.136. The van der Waals surface area contributed by atoms with Gasteiger partial charge in [-0.2, -0.15) is 0 Å². The van der Waals surface area contributed by atoms with E-state index in [-0.39, 0.29) is 30.8 Å².